The van der Waals surface area contributed by atoms with E-state index in [1.54, 1.807) is 35.4 Å². The van der Waals surface area contributed by atoms with E-state index in [0.717, 1.165) is 11.4 Å². The van der Waals surface area contributed by atoms with Gasteiger partial charge < -0.3 is 0 Å². The molecule has 0 bridgehead atoms. The molecule has 2 aromatic heterocycles. The Bertz CT molecular complexity index is 764. The topological polar surface area (TPSA) is 55.1 Å². The Balaban J connectivity index is 1.85. The minimum atomic E-state index is -0.322. The van der Waals surface area contributed by atoms with Gasteiger partial charge in [-0.05, 0) is 31.2 Å². The molecule has 3 aromatic rings. The third-order valence-electron chi connectivity index (χ3n) is 2.72. The lowest BCUT2D eigenvalue weighted by Gasteiger charge is -2.05. The van der Waals surface area contributed by atoms with Crippen LogP contribution in [-0.4, -0.2) is 21.0 Å². The van der Waals surface area contributed by atoms with Crippen molar-refractivity contribution in [1.82, 2.24) is 14.8 Å². The van der Waals surface area contributed by atoms with Gasteiger partial charge in [0.25, 0.3) is 0 Å². The van der Waals surface area contributed by atoms with Gasteiger partial charge in [-0.2, -0.15) is 10.2 Å². The van der Waals surface area contributed by atoms with Gasteiger partial charge in [-0.15, -0.1) is 11.3 Å². The third kappa shape index (κ3) is 3.14. The van der Waals surface area contributed by atoms with Gasteiger partial charge in [-0.1, -0.05) is 0 Å². The van der Waals surface area contributed by atoms with E-state index in [0.29, 0.717) is 10.7 Å². The molecule has 0 radical (unpaired) electrons. The van der Waals surface area contributed by atoms with Crippen molar-refractivity contribution in [3.05, 3.63) is 59.1 Å². The quantitative estimate of drug-likeness (QED) is 0.594. The second-order valence-corrected chi connectivity index (χ2v) is 5.18. The number of thiazole rings is 1. The zero-order valence-corrected chi connectivity index (χ0v) is 12.0. The van der Waals surface area contributed by atoms with Crippen LogP contribution in [0.3, 0.4) is 0 Å². The van der Waals surface area contributed by atoms with Crippen LogP contribution in [0.25, 0.3) is 5.69 Å². The molecule has 3 rings (SSSR count). The summed E-state index contributed by atoms with van der Waals surface area (Å²) in [6.07, 6.45) is 5.01. The average molecular weight is 301 g/mol. The maximum absolute atomic E-state index is 13.4. The molecule has 1 N–H and O–H groups in total. The molecule has 0 amide bonds. The molecule has 0 spiro atoms. The smallest absolute Gasteiger partial charge is 0.203 e. The molecule has 106 valence electrons. The first kappa shape index (κ1) is 13.4. The average Bonchev–Trinajstić information content (AvgIpc) is 3.11. The first-order valence-electron chi connectivity index (χ1n) is 6.23. The summed E-state index contributed by atoms with van der Waals surface area (Å²) in [7, 11) is 0. The first-order chi connectivity index (χ1) is 10.2. The summed E-state index contributed by atoms with van der Waals surface area (Å²) in [5.74, 6) is -0.322. The number of aromatic nitrogens is 3. The molecule has 21 heavy (non-hydrogen) atoms. The number of halogens is 1. The SMILES string of the molecule is Cc1csc(NN=Cc2cc(F)ccc2-n2cccn2)n1. The highest BCUT2D eigenvalue weighted by Gasteiger charge is 2.05. The van der Waals surface area contributed by atoms with Crippen LogP contribution in [0.4, 0.5) is 9.52 Å². The summed E-state index contributed by atoms with van der Waals surface area (Å²) < 4.78 is 15.1. The molecule has 0 saturated carbocycles. The second-order valence-electron chi connectivity index (χ2n) is 4.32. The zero-order chi connectivity index (χ0) is 14.7. The number of nitrogens with zero attached hydrogens (tertiary/aromatic N) is 4. The van der Waals surface area contributed by atoms with Crippen molar-refractivity contribution in [2.45, 2.75) is 6.92 Å². The van der Waals surface area contributed by atoms with Crippen molar-refractivity contribution in [2.24, 2.45) is 5.10 Å². The van der Waals surface area contributed by atoms with Gasteiger partial charge in [0.1, 0.15) is 5.82 Å². The lowest BCUT2D eigenvalue weighted by Crippen LogP contribution is -2.01. The summed E-state index contributed by atoms with van der Waals surface area (Å²) in [5.41, 5.74) is 5.14. The van der Waals surface area contributed by atoms with Crippen LogP contribution in [0.1, 0.15) is 11.3 Å². The molecule has 0 fully saturated rings. The van der Waals surface area contributed by atoms with Gasteiger partial charge in [-0.25, -0.2) is 14.1 Å². The van der Waals surface area contributed by atoms with E-state index in [1.165, 1.54) is 23.5 Å². The highest BCUT2D eigenvalue weighted by atomic mass is 32.1. The Labute approximate surface area is 124 Å². The fourth-order valence-corrected chi connectivity index (χ4v) is 2.45. The molecular formula is C14H12FN5S. The minimum Gasteiger partial charge on any atom is -0.253 e. The Morgan fingerprint density at radius 1 is 1.43 bits per heavy atom. The summed E-state index contributed by atoms with van der Waals surface area (Å²) >= 11 is 1.46. The molecule has 0 saturated heterocycles. The largest absolute Gasteiger partial charge is 0.253 e. The zero-order valence-electron chi connectivity index (χ0n) is 11.2. The van der Waals surface area contributed by atoms with E-state index in [9.17, 15) is 4.39 Å². The van der Waals surface area contributed by atoms with Crippen LogP contribution in [0.15, 0.2) is 47.1 Å². The third-order valence-corrected chi connectivity index (χ3v) is 3.59. The van der Waals surface area contributed by atoms with E-state index in [-0.39, 0.29) is 5.82 Å². The van der Waals surface area contributed by atoms with Crippen molar-refractivity contribution >= 4 is 22.7 Å². The molecule has 0 aliphatic carbocycles. The number of benzene rings is 1. The van der Waals surface area contributed by atoms with Crippen LogP contribution < -0.4 is 5.43 Å². The predicted octanol–water partition coefficient (Wildman–Crippen LogP) is 3.22. The highest BCUT2D eigenvalue weighted by Crippen LogP contribution is 2.16. The fourth-order valence-electron chi connectivity index (χ4n) is 1.81. The molecule has 5 nitrogen and oxygen atoms in total. The number of hydrogen-bond acceptors (Lipinski definition) is 5. The lowest BCUT2D eigenvalue weighted by molar-refractivity contribution is 0.626. The Hall–Kier alpha value is -2.54. The van der Waals surface area contributed by atoms with E-state index < -0.39 is 0 Å². The molecule has 2 heterocycles. The van der Waals surface area contributed by atoms with Crippen LogP contribution in [0, 0.1) is 12.7 Å². The predicted molar refractivity (Wildman–Crippen MR) is 81.6 cm³/mol. The highest BCUT2D eigenvalue weighted by molar-refractivity contribution is 7.13. The number of hydrazone groups is 1. The Kier molecular flexibility index (Phi) is 3.74. The van der Waals surface area contributed by atoms with E-state index in [4.69, 9.17) is 0 Å². The molecule has 0 aliphatic rings. The number of nitrogens with one attached hydrogen (secondary N) is 1. The minimum absolute atomic E-state index is 0.322. The molecule has 0 atom stereocenters. The number of anilines is 1. The lowest BCUT2D eigenvalue weighted by atomic mass is 10.2. The summed E-state index contributed by atoms with van der Waals surface area (Å²) in [4.78, 5) is 4.23. The summed E-state index contributed by atoms with van der Waals surface area (Å²) in [6.45, 7) is 1.91. The van der Waals surface area contributed by atoms with Crippen LogP contribution >= 0.6 is 11.3 Å². The monoisotopic (exact) mass is 301 g/mol. The van der Waals surface area contributed by atoms with Crippen LogP contribution in [-0.2, 0) is 0 Å². The number of rotatable bonds is 4. The van der Waals surface area contributed by atoms with Gasteiger partial charge in [-0.3, -0.25) is 5.43 Å². The van der Waals surface area contributed by atoms with Crippen molar-refractivity contribution in [2.75, 3.05) is 5.43 Å². The van der Waals surface area contributed by atoms with Gasteiger partial charge in [0.15, 0.2) is 0 Å². The molecule has 7 heteroatoms. The van der Waals surface area contributed by atoms with Crippen LogP contribution in [0.5, 0.6) is 0 Å². The Morgan fingerprint density at radius 2 is 2.33 bits per heavy atom. The van der Waals surface area contributed by atoms with Crippen LogP contribution in [0.2, 0.25) is 0 Å². The number of hydrogen-bond donors (Lipinski definition) is 1. The van der Waals surface area contributed by atoms with Crippen molar-refractivity contribution in [3.63, 3.8) is 0 Å². The molecule has 0 aliphatic heterocycles. The van der Waals surface area contributed by atoms with Gasteiger partial charge in [0.2, 0.25) is 5.13 Å². The molecule has 0 unspecified atom stereocenters. The van der Waals surface area contributed by atoms with Crippen molar-refractivity contribution in [1.29, 1.82) is 0 Å². The summed E-state index contributed by atoms with van der Waals surface area (Å²) in [5, 5.41) is 10.9. The first-order valence-corrected chi connectivity index (χ1v) is 7.11. The van der Waals surface area contributed by atoms with E-state index in [1.807, 2.05) is 12.3 Å². The van der Waals surface area contributed by atoms with Crippen molar-refractivity contribution < 1.29 is 4.39 Å². The van der Waals surface area contributed by atoms with Gasteiger partial charge in [0, 0.05) is 23.3 Å². The van der Waals surface area contributed by atoms with Gasteiger partial charge in [0.05, 0.1) is 17.6 Å². The Morgan fingerprint density at radius 3 is 3.05 bits per heavy atom. The maximum atomic E-state index is 13.4. The van der Waals surface area contributed by atoms with Crippen molar-refractivity contribution in [3.8, 4) is 5.69 Å². The standard InChI is InChI=1S/C14H12FN5S/c1-10-9-21-14(18-10)19-16-8-11-7-12(15)3-4-13(11)20-6-2-5-17-20/h2-9H,1H3,(H,18,19). The maximum Gasteiger partial charge on any atom is 0.203 e. The van der Waals surface area contributed by atoms with Gasteiger partial charge >= 0.3 is 0 Å². The molecule has 1 aromatic carbocycles. The number of aryl methyl sites for hydroxylation is 1. The fraction of sp³-hybridized carbons (Fsp3) is 0.0714. The molecular weight excluding hydrogens is 289 g/mol. The normalized spacial score (nSPS) is 11.1. The van der Waals surface area contributed by atoms with E-state index >= 15 is 0 Å². The summed E-state index contributed by atoms with van der Waals surface area (Å²) in [6, 6.07) is 6.28. The van der Waals surface area contributed by atoms with E-state index in [2.05, 4.69) is 20.6 Å². The second kappa shape index (κ2) is 5.84.